The second kappa shape index (κ2) is 6.73. The van der Waals surface area contributed by atoms with Gasteiger partial charge < -0.3 is 20.4 Å². The van der Waals surface area contributed by atoms with E-state index in [1.807, 2.05) is 0 Å². The van der Waals surface area contributed by atoms with E-state index in [-0.39, 0.29) is 29.7 Å². The number of carbonyl (C=O) groups is 2. The van der Waals surface area contributed by atoms with Crippen molar-refractivity contribution < 1.29 is 24.2 Å². The van der Waals surface area contributed by atoms with Crippen molar-refractivity contribution in [3.8, 4) is 5.75 Å². The van der Waals surface area contributed by atoms with Crippen LogP contribution in [0.15, 0.2) is 38.5 Å². The van der Waals surface area contributed by atoms with Crippen LogP contribution >= 0.6 is 0 Å². The van der Waals surface area contributed by atoms with E-state index in [0.717, 1.165) is 6.21 Å². The van der Waals surface area contributed by atoms with E-state index in [0.29, 0.717) is 5.39 Å². The second-order valence-electron chi connectivity index (χ2n) is 4.79. The molecule has 0 radical (unpaired) electrons. The predicted molar refractivity (Wildman–Crippen MR) is 81.6 cm³/mol. The molecule has 1 unspecified atom stereocenters. The SMILES string of the molecule is NC(=O)CCC(N=Cc1c(O)c2ccccc2oc1=O)C(=O)O. The van der Waals surface area contributed by atoms with Crippen molar-refractivity contribution in [2.75, 3.05) is 0 Å². The maximum absolute atomic E-state index is 11.9. The number of primary amides is 1. The number of carboxylic acids is 1. The molecule has 23 heavy (non-hydrogen) atoms. The minimum absolute atomic E-state index is 0.110. The third-order valence-electron chi connectivity index (χ3n) is 3.15. The lowest BCUT2D eigenvalue weighted by molar-refractivity contribution is -0.138. The number of aliphatic imine (C=N–C) groups is 1. The first-order valence-electron chi connectivity index (χ1n) is 6.69. The monoisotopic (exact) mass is 318 g/mol. The van der Waals surface area contributed by atoms with Gasteiger partial charge in [-0.15, -0.1) is 0 Å². The highest BCUT2D eigenvalue weighted by molar-refractivity contribution is 5.94. The summed E-state index contributed by atoms with van der Waals surface area (Å²) in [7, 11) is 0. The molecule has 120 valence electrons. The predicted octanol–water partition coefficient (Wildman–Crippen LogP) is 0.636. The molecular weight excluding hydrogens is 304 g/mol. The van der Waals surface area contributed by atoms with Gasteiger partial charge >= 0.3 is 11.6 Å². The largest absolute Gasteiger partial charge is 0.506 e. The van der Waals surface area contributed by atoms with E-state index in [9.17, 15) is 19.5 Å². The molecule has 1 heterocycles. The van der Waals surface area contributed by atoms with E-state index in [4.69, 9.17) is 15.3 Å². The van der Waals surface area contributed by atoms with Crippen molar-refractivity contribution in [1.82, 2.24) is 0 Å². The maximum atomic E-state index is 11.9. The summed E-state index contributed by atoms with van der Waals surface area (Å²) in [6.45, 7) is 0. The molecule has 2 rings (SSSR count). The summed E-state index contributed by atoms with van der Waals surface area (Å²) < 4.78 is 5.04. The number of carbonyl (C=O) groups excluding carboxylic acids is 1. The number of hydrogen-bond acceptors (Lipinski definition) is 6. The number of nitrogens with zero attached hydrogens (tertiary/aromatic N) is 1. The van der Waals surface area contributed by atoms with Gasteiger partial charge in [0.15, 0.2) is 0 Å². The highest BCUT2D eigenvalue weighted by Crippen LogP contribution is 2.24. The molecule has 0 aliphatic rings. The van der Waals surface area contributed by atoms with Crippen LogP contribution in [0.1, 0.15) is 18.4 Å². The lowest BCUT2D eigenvalue weighted by Crippen LogP contribution is -2.22. The molecule has 8 nitrogen and oxygen atoms in total. The number of amides is 1. The quantitative estimate of drug-likeness (QED) is 0.526. The Balaban J connectivity index is 2.37. The normalized spacial score (nSPS) is 12.5. The number of nitrogens with two attached hydrogens (primary N) is 1. The lowest BCUT2D eigenvalue weighted by atomic mass is 10.1. The highest BCUT2D eigenvalue weighted by atomic mass is 16.4. The van der Waals surface area contributed by atoms with Gasteiger partial charge in [-0.25, -0.2) is 9.59 Å². The van der Waals surface area contributed by atoms with Crippen molar-refractivity contribution in [1.29, 1.82) is 0 Å². The van der Waals surface area contributed by atoms with Crippen LogP contribution in [0.4, 0.5) is 0 Å². The van der Waals surface area contributed by atoms with Crippen LogP contribution < -0.4 is 11.4 Å². The molecule has 1 aromatic carbocycles. The summed E-state index contributed by atoms with van der Waals surface area (Å²) >= 11 is 0. The molecular formula is C15H14N2O6. The number of rotatable bonds is 6. The first-order chi connectivity index (χ1) is 10.9. The van der Waals surface area contributed by atoms with Crippen LogP contribution in [0.3, 0.4) is 0 Å². The van der Waals surface area contributed by atoms with Crippen molar-refractivity contribution in [3.63, 3.8) is 0 Å². The third-order valence-corrected chi connectivity index (χ3v) is 3.15. The van der Waals surface area contributed by atoms with Crippen LogP contribution in [0, 0.1) is 0 Å². The van der Waals surface area contributed by atoms with Crippen LogP contribution in [0.5, 0.6) is 5.75 Å². The summed E-state index contributed by atoms with van der Waals surface area (Å²) in [6, 6.07) is 5.10. The Kier molecular flexibility index (Phi) is 4.75. The molecule has 0 saturated carbocycles. The zero-order valence-corrected chi connectivity index (χ0v) is 11.9. The lowest BCUT2D eigenvalue weighted by Gasteiger charge is -2.06. The zero-order chi connectivity index (χ0) is 17.0. The molecule has 0 aliphatic carbocycles. The summed E-state index contributed by atoms with van der Waals surface area (Å²) in [5.41, 5.74) is 4.08. The minimum Gasteiger partial charge on any atom is -0.506 e. The smallest absolute Gasteiger partial charge is 0.348 e. The number of carboxylic acid groups (broad SMARTS) is 1. The standard InChI is InChI=1S/C15H14N2O6/c16-12(18)6-5-10(14(20)21)17-7-9-13(19)8-3-1-2-4-11(8)23-15(9)22/h1-4,7,10,19H,5-6H2,(H2,16,18)(H,20,21). The molecule has 1 aromatic heterocycles. The number of aromatic hydroxyl groups is 1. The molecule has 8 heteroatoms. The fraction of sp³-hybridized carbons (Fsp3) is 0.200. The van der Waals surface area contributed by atoms with Gasteiger partial charge in [0.05, 0.1) is 5.39 Å². The molecule has 1 atom stereocenters. The zero-order valence-electron chi connectivity index (χ0n) is 11.9. The number of hydrogen-bond donors (Lipinski definition) is 3. The summed E-state index contributed by atoms with van der Waals surface area (Å²) in [4.78, 5) is 37.4. The van der Waals surface area contributed by atoms with E-state index in [2.05, 4.69) is 4.99 Å². The highest BCUT2D eigenvalue weighted by Gasteiger charge is 2.18. The Labute approximate surface area is 129 Å². The van der Waals surface area contributed by atoms with Gasteiger partial charge in [-0.2, -0.15) is 0 Å². The van der Waals surface area contributed by atoms with Crippen molar-refractivity contribution >= 4 is 29.1 Å². The summed E-state index contributed by atoms with van der Waals surface area (Å²) in [5, 5.41) is 19.5. The van der Waals surface area contributed by atoms with Gasteiger partial charge in [0, 0.05) is 12.6 Å². The molecule has 0 bridgehead atoms. The molecule has 4 N–H and O–H groups in total. The second-order valence-corrected chi connectivity index (χ2v) is 4.79. The Morgan fingerprint density at radius 3 is 2.70 bits per heavy atom. The number of benzene rings is 1. The Bertz CT molecular complexity index is 839. The Morgan fingerprint density at radius 1 is 1.35 bits per heavy atom. The molecule has 0 fully saturated rings. The summed E-state index contributed by atoms with van der Waals surface area (Å²) in [6.07, 6.45) is 0.668. The molecule has 0 saturated heterocycles. The average Bonchev–Trinajstić information content (AvgIpc) is 2.49. The maximum Gasteiger partial charge on any atom is 0.348 e. The van der Waals surface area contributed by atoms with Gasteiger partial charge in [0.25, 0.3) is 0 Å². The number of para-hydroxylation sites is 1. The third kappa shape index (κ3) is 3.73. The van der Waals surface area contributed by atoms with E-state index in [1.165, 1.54) is 6.07 Å². The number of fused-ring (bicyclic) bond motifs is 1. The fourth-order valence-electron chi connectivity index (χ4n) is 1.97. The van der Waals surface area contributed by atoms with Gasteiger partial charge in [0.1, 0.15) is 22.9 Å². The van der Waals surface area contributed by atoms with E-state index < -0.39 is 23.5 Å². The van der Waals surface area contributed by atoms with Gasteiger partial charge in [-0.3, -0.25) is 9.79 Å². The van der Waals surface area contributed by atoms with Crippen LogP contribution in [0.2, 0.25) is 0 Å². The van der Waals surface area contributed by atoms with Crippen LogP contribution in [0.25, 0.3) is 11.0 Å². The van der Waals surface area contributed by atoms with Gasteiger partial charge in [0.2, 0.25) is 5.91 Å². The van der Waals surface area contributed by atoms with E-state index in [1.54, 1.807) is 18.2 Å². The average molecular weight is 318 g/mol. The van der Waals surface area contributed by atoms with Crippen molar-refractivity contribution in [2.45, 2.75) is 18.9 Å². The van der Waals surface area contributed by atoms with Gasteiger partial charge in [-0.05, 0) is 18.6 Å². The summed E-state index contributed by atoms with van der Waals surface area (Å²) in [5.74, 6) is -2.27. The van der Waals surface area contributed by atoms with Crippen molar-refractivity contribution in [3.05, 3.63) is 40.2 Å². The molecule has 2 aromatic rings. The Morgan fingerprint density at radius 2 is 2.04 bits per heavy atom. The molecule has 0 spiro atoms. The topological polar surface area (TPSA) is 143 Å². The fourth-order valence-corrected chi connectivity index (χ4v) is 1.97. The van der Waals surface area contributed by atoms with Gasteiger partial charge in [-0.1, -0.05) is 12.1 Å². The van der Waals surface area contributed by atoms with Crippen molar-refractivity contribution in [2.24, 2.45) is 10.7 Å². The van der Waals surface area contributed by atoms with E-state index >= 15 is 0 Å². The first-order valence-corrected chi connectivity index (χ1v) is 6.69. The Hall–Kier alpha value is -3.16. The molecule has 0 aliphatic heterocycles. The minimum atomic E-state index is -1.27. The van der Waals surface area contributed by atoms with Crippen LogP contribution in [-0.4, -0.2) is 34.3 Å². The van der Waals surface area contributed by atoms with Crippen LogP contribution in [-0.2, 0) is 9.59 Å². The number of aliphatic carboxylic acids is 1. The first kappa shape index (κ1) is 16.2. The molecule has 1 amide bonds.